The number of Topliss-reactive ketones (excluding diaryl/α,β-unsaturated/α-hetero) is 1. The number of carbonyl (C=O) groups excluding carboxylic acids is 4. The van der Waals surface area contributed by atoms with Gasteiger partial charge in [-0.15, -0.1) is 0 Å². The Balaban J connectivity index is 1.65. The molecule has 0 atom stereocenters. The quantitative estimate of drug-likeness (QED) is 0.497. The number of hydrogen-bond donors (Lipinski definition) is 2. The molecule has 0 saturated carbocycles. The summed E-state index contributed by atoms with van der Waals surface area (Å²) in [4.78, 5) is 46.7. The third-order valence-electron chi connectivity index (χ3n) is 3.83. The Morgan fingerprint density at radius 3 is 2.28 bits per heavy atom. The first-order chi connectivity index (χ1) is 13.8. The molecule has 2 aromatic carbocycles. The topological polar surface area (TPSA) is 102 Å². The van der Waals surface area contributed by atoms with E-state index in [4.69, 9.17) is 4.74 Å². The molecule has 0 saturated heterocycles. The molecule has 0 fully saturated rings. The van der Waals surface area contributed by atoms with Crippen molar-refractivity contribution >= 4 is 34.9 Å². The summed E-state index contributed by atoms with van der Waals surface area (Å²) in [5.74, 6) is -1.98. The standard InChI is InChI=1S/C21H21FN2O5/c1-14(25)15-4-2-5-18(12-15)24-19(26)6-3-7-21(28)29-13-20(27)23-17-10-8-16(22)9-11-17/h2,4-5,8-12H,3,6-7,13H2,1H3,(H,23,27)(H,24,26). The van der Waals surface area contributed by atoms with Gasteiger partial charge in [0.25, 0.3) is 5.91 Å². The van der Waals surface area contributed by atoms with Gasteiger partial charge in [0.05, 0.1) is 0 Å². The highest BCUT2D eigenvalue weighted by atomic mass is 19.1. The molecular formula is C21H21FN2O5. The predicted molar refractivity (Wildman–Crippen MR) is 105 cm³/mol. The molecule has 0 bridgehead atoms. The summed E-state index contributed by atoms with van der Waals surface area (Å²) in [7, 11) is 0. The van der Waals surface area contributed by atoms with Crippen molar-refractivity contribution in [2.75, 3.05) is 17.2 Å². The Hall–Kier alpha value is -3.55. The summed E-state index contributed by atoms with van der Waals surface area (Å²) < 4.78 is 17.6. The van der Waals surface area contributed by atoms with E-state index in [-0.39, 0.29) is 31.0 Å². The van der Waals surface area contributed by atoms with Crippen molar-refractivity contribution in [3.8, 4) is 0 Å². The summed E-state index contributed by atoms with van der Waals surface area (Å²) in [6.07, 6.45) is 0.308. The average molecular weight is 400 g/mol. The fourth-order valence-corrected chi connectivity index (χ4v) is 2.38. The van der Waals surface area contributed by atoms with Crippen LogP contribution >= 0.6 is 0 Å². The maximum atomic E-state index is 12.8. The highest BCUT2D eigenvalue weighted by Crippen LogP contribution is 2.12. The summed E-state index contributed by atoms with van der Waals surface area (Å²) in [5.41, 5.74) is 1.38. The monoisotopic (exact) mass is 400 g/mol. The normalized spacial score (nSPS) is 10.1. The zero-order valence-electron chi connectivity index (χ0n) is 15.9. The van der Waals surface area contributed by atoms with Crippen molar-refractivity contribution in [2.24, 2.45) is 0 Å². The third kappa shape index (κ3) is 7.92. The predicted octanol–water partition coefficient (Wildman–Crippen LogP) is 3.32. The van der Waals surface area contributed by atoms with Gasteiger partial charge in [0.15, 0.2) is 12.4 Å². The molecule has 0 aromatic heterocycles. The van der Waals surface area contributed by atoms with Crippen LogP contribution in [0.1, 0.15) is 36.5 Å². The average Bonchev–Trinajstić information content (AvgIpc) is 2.68. The number of rotatable bonds is 9. The SMILES string of the molecule is CC(=O)c1cccc(NC(=O)CCCC(=O)OCC(=O)Nc2ccc(F)cc2)c1. The van der Waals surface area contributed by atoms with Crippen LogP contribution in [0.4, 0.5) is 15.8 Å². The lowest BCUT2D eigenvalue weighted by atomic mass is 10.1. The van der Waals surface area contributed by atoms with E-state index in [1.54, 1.807) is 24.3 Å². The number of halogens is 1. The van der Waals surface area contributed by atoms with Gasteiger partial charge in [-0.3, -0.25) is 19.2 Å². The van der Waals surface area contributed by atoms with Crippen LogP contribution in [0.25, 0.3) is 0 Å². The van der Waals surface area contributed by atoms with Crippen LogP contribution in [0.5, 0.6) is 0 Å². The molecule has 7 nitrogen and oxygen atoms in total. The lowest BCUT2D eigenvalue weighted by Gasteiger charge is -2.07. The van der Waals surface area contributed by atoms with Crippen molar-refractivity contribution < 1.29 is 28.3 Å². The summed E-state index contributed by atoms with van der Waals surface area (Å²) in [6, 6.07) is 11.7. The van der Waals surface area contributed by atoms with Crippen molar-refractivity contribution in [1.29, 1.82) is 0 Å². The molecule has 2 N–H and O–H groups in total. The minimum absolute atomic E-state index is 0.0231. The highest BCUT2D eigenvalue weighted by Gasteiger charge is 2.10. The maximum absolute atomic E-state index is 12.8. The lowest BCUT2D eigenvalue weighted by Crippen LogP contribution is -2.21. The Kier molecular flexibility index (Phi) is 8.02. The molecule has 152 valence electrons. The smallest absolute Gasteiger partial charge is 0.306 e. The molecular weight excluding hydrogens is 379 g/mol. The molecule has 8 heteroatoms. The first-order valence-corrected chi connectivity index (χ1v) is 8.95. The third-order valence-corrected chi connectivity index (χ3v) is 3.83. The van der Waals surface area contributed by atoms with E-state index in [0.717, 1.165) is 0 Å². The minimum atomic E-state index is -0.606. The molecule has 0 radical (unpaired) electrons. The molecule has 2 aromatic rings. The van der Waals surface area contributed by atoms with Gasteiger partial charge < -0.3 is 15.4 Å². The van der Waals surface area contributed by atoms with Crippen LogP contribution in [-0.4, -0.2) is 30.2 Å². The second kappa shape index (κ2) is 10.7. The Morgan fingerprint density at radius 2 is 1.59 bits per heavy atom. The fourth-order valence-electron chi connectivity index (χ4n) is 2.38. The minimum Gasteiger partial charge on any atom is -0.456 e. The summed E-state index contributed by atoms with van der Waals surface area (Å²) >= 11 is 0. The number of carbonyl (C=O) groups is 4. The Bertz CT molecular complexity index is 896. The van der Waals surface area contributed by atoms with E-state index < -0.39 is 24.3 Å². The van der Waals surface area contributed by atoms with Gasteiger partial charge >= 0.3 is 5.97 Å². The van der Waals surface area contributed by atoms with Crippen molar-refractivity contribution in [2.45, 2.75) is 26.2 Å². The first kappa shape index (κ1) is 21.7. The van der Waals surface area contributed by atoms with E-state index in [9.17, 15) is 23.6 Å². The Labute approximate surface area is 167 Å². The van der Waals surface area contributed by atoms with Crippen LogP contribution in [-0.2, 0) is 19.1 Å². The molecule has 0 unspecified atom stereocenters. The number of hydrogen-bond acceptors (Lipinski definition) is 5. The van der Waals surface area contributed by atoms with Gasteiger partial charge in [-0.25, -0.2) is 4.39 Å². The van der Waals surface area contributed by atoms with Crippen LogP contribution in [0.3, 0.4) is 0 Å². The van der Waals surface area contributed by atoms with Gasteiger partial charge in [0.2, 0.25) is 5.91 Å². The zero-order chi connectivity index (χ0) is 21.2. The second-order valence-corrected chi connectivity index (χ2v) is 6.25. The van der Waals surface area contributed by atoms with Gasteiger partial charge in [0, 0.05) is 29.8 Å². The van der Waals surface area contributed by atoms with Crippen LogP contribution in [0.2, 0.25) is 0 Å². The molecule has 2 amide bonds. The highest BCUT2D eigenvalue weighted by molar-refractivity contribution is 5.97. The van der Waals surface area contributed by atoms with Crippen LogP contribution < -0.4 is 10.6 Å². The molecule has 29 heavy (non-hydrogen) atoms. The van der Waals surface area contributed by atoms with E-state index >= 15 is 0 Å². The van der Waals surface area contributed by atoms with E-state index in [1.807, 2.05) is 0 Å². The summed E-state index contributed by atoms with van der Waals surface area (Å²) in [5, 5.41) is 5.13. The number of benzene rings is 2. The van der Waals surface area contributed by atoms with Crippen molar-refractivity contribution in [3.05, 3.63) is 59.9 Å². The van der Waals surface area contributed by atoms with Crippen LogP contribution in [0, 0.1) is 5.82 Å². The van der Waals surface area contributed by atoms with Gasteiger partial charge in [0.1, 0.15) is 5.82 Å². The lowest BCUT2D eigenvalue weighted by molar-refractivity contribution is -0.147. The molecule has 0 aliphatic carbocycles. The van der Waals surface area contributed by atoms with Crippen molar-refractivity contribution in [1.82, 2.24) is 0 Å². The van der Waals surface area contributed by atoms with Gasteiger partial charge in [-0.1, -0.05) is 12.1 Å². The molecule has 2 rings (SSSR count). The fraction of sp³-hybridized carbons (Fsp3) is 0.238. The number of nitrogens with one attached hydrogen (secondary N) is 2. The van der Waals surface area contributed by atoms with Gasteiger partial charge in [-0.2, -0.15) is 0 Å². The molecule has 0 spiro atoms. The number of amides is 2. The number of ketones is 1. The molecule has 0 aliphatic rings. The largest absolute Gasteiger partial charge is 0.456 e. The summed E-state index contributed by atoms with van der Waals surface area (Å²) in [6.45, 7) is 0.965. The molecule has 0 aliphatic heterocycles. The number of anilines is 2. The van der Waals surface area contributed by atoms with Gasteiger partial charge in [-0.05, 0) is 49.7 Å². The Morgan fingerprint density at radius 1 is 0.897 bits per heavy atom. The zero-order valence-corrected chi connectivity index (χ0v) is 15.9. The maximum Gasteiger partial charge on any atom is 0.306 e. The number of ether oxygens (including phenoxy) is 1. The van der Waals surface area contributed by atoms with Crippen molar-refractivity contribution in [3.63, 3.8) is 0 Å². The second-order valence-electron chi connectivity index (χ2n) is 6.25. The first-order valence-electron chi connectivity index (χ1n) is 8.95. The number of esters is 1. The van der Waals surface area contributed by atoms with Crippen LogP contribution in [0.15, 0.2) is 48.5 Å². The van der Waals surface area contributed by atoms with E-state index in [1.165, 1.54) is 31.2 Å². The van der Waals surface area contributed by atoms with E-state index in [0.29, 0.717) is 16.9 Å². The van der Waals surface area contributed by atoms with E-state index in [2.05, 4.69) is 10.6 Å². The molecule has 0 heterocycles.